The summed E-state index contributed by atoms with van der Waals surface area (Å²) in [5.74, 6) is -29.8. The number of carbonyl (C=O) groups is 6. The van der Waals surface area contributed by atoms with Gasteiger partial charge < -0.3 is 53.6 Å². The zero-order valence-electron chi connectivity index (χ0n) is 33.7. The number of halogens is 20. The molecule has 69 heavy (non-hydrogen) atoms. The van der Waals surface area contributed by atoms with Gasteiger partial charge in [0.05, 0.1) is 57.0 Å². The minimum Gasteiger partial charge on any atom is -0.481 e. The van der Waals surface area contributed by atoms with Crippen molar-refractivity contribution in [1.82, 2.24) is 0 Å². The molecule has 0 atom stereocenters. The van der Waals surface area contributed by atoms with Crippen molar-refractivity contribution in [2.75, 3.05) is 79.3 Å². The van der Waals surface area contributed by atoms with E-state index >= 15 is 0 Å². The number of carboxylic acids is 3. The molecule has 4 N–H and O–H groups in total. The third kappa shape index (κ3) is 30.0. The highest BCUT2D eigenvalue weighted by Gasteiger charge is 2.60. The molecule has 0 aliphatic carbocycles. The van der Waals surface area contributed by atoms with E-state index in [1.165, 1.54) is 0 Å². The average molecular weight is 1070 g/mol. The normalized spacial score (nSPS) is 13.3. The summed E-state index contributed by atoms with van der Waals surface area (Å²) in [6.07, 6.45) is -25.0. The molecule has 0 amide bonds. The van der Waals surface area contributed by atoms with E-state index < -0.39 is 187 Å². The Bertz CT molecular complexity index is 1690. The Kier molecular flexibility index (Phi) is 29.2. The molecule has 0 aliphatic heterocycles. The molecule has 0 radical (unpaired) electrons. The Labute approximate surface area is 370 Å². The van der Waals surface area contributed by atoms with Gasteiger partial charge >= 0.3 is 84.2 Å². The number of rotatable bonds is 27. The van der Waals surface area contributed by atoms with Crippen LogP contribution in [0.3, 0.4) is 0 Å². The van der Waals surface area contributed by atoms with E-state index in [9.17, 15) is 117 Å². The predicted octanol–water partition coefficient (Wildman–Crippen LogP) is 5.32. The monoisotopic (exact) mass is 1070 g/mol. The molecule has 17 nitrogen and oxygen atoms in total. The number of aliphatic hydroxyl groups excluding tert-OH is 1. The summed E-state index contributed by atoms with van der Waals surface area (Å²) in [6.45, 7) is -15.6. The number of esters is 3. The molecule has 0 rings (SSSR count). The third-order valence-corrected chi connectivity index (χ3v) is 6.25. The van der Waals surface area contributed by atoms with Gasteiger partial charge in [-0.2, -0.15) is 87.8 Å². The first kappa shape index (κ1) is 68.0. The van der Waals surface area contributed by atoms with E-state index in [-0.39, 0.29) is 6.08 Å². The highest BCUT2D eigenvalue weighted by Crippen LogP contribution is 2.38. The third-order valence-electron chi connectivity index (χ3n) is 6.25. The van der Waals surface area contributed by atoms with Crippen molar-refractivity contribution in [3.8, 4) is 0 Å². The lowest BCUT2D eigenvalue weighted by atomic mass is 10.2. The van der Waals surface area contributed by atoms with Crippen LogP contribution in [0.1, 0.15) is 12.8 Å². The smallest absolute Gasteiger partial charge is 0.455 e. The molecule has 0 heterocycles. The molecule has 0 bridgehead atoms. The van der Waals surface area contributed by atoms with Crippen LogP contribution in [0, 0.1) is 0 Å². The number of alkyl halides is 20. The maximum atomic E-state index is 12.8. The second kappa shape index (κ2) is 29.7. The quantitative estimate of drug-likeness (QED) is 0.0267. The molecule has 0 aliphatic rings. The Morgan fingerprint density at radius 2 is 0.739 bits per heavy atom. The van der Waals surface area contributed by atoms with Crippen molar-refractivity contribution < 1.29 is 170 Å². The number of carbonyl (C=O) groups excluding carboxylic acids is 3. The van der Waals surface area contributed by atoms with Crippen LogP contribution >= 0.6 is 0 Å². The van der Waals surface area contributed by atoms with E-state index in [4.69, 9.17) is 20.4 Å². The molecule has 0 spiro atoms. The summed E-state index contributed by atoms with van der Waals surface area (Å²) in [6, 6.07) is 0. The molecular formula is C32H34F20O17. The predicted molar refractivity (Wildman–Crippen MR) is 176 cm³/mol. The first-order chi connectivity index (χ1) is 31.0. The summed E-state index contributed by atoms with van der Waals surface area (Å²) < 4.78 is 272. The van der Waals surface area contributed by atoms with Gasteiger partial charge in [0, 0.05) is 12.2 Å². The Balaban J connectivity index is -0.00000146. The van der Waals surface area contributed by atoms with Crippen LogP contribution in [0.2, 0.25) is 0 Å². The van der Waals surface area contributed by atoms with Crippen LogP contribution in [-0.2, 0) is 61.9 Å². The molecule has 37 heteroatoms. The van der Waals surface area contributed by atoms with Crippen LogP contribution in [-0.4, -0.2) is 184 Å². The number of ether oxygens (including phenoxy) is 7. The lowest BCUT2D eigenvalue weighted by molar-refractivity contribution is -0.297. The molecule has 0 saturated carbocycles. The second-order valence-corrected chi connectivity index (χ2v) is 12.0. The average Bonchev–Trinajstić information content (AvgIpc) is 3.15. The van der Waals surface area contributed by atoms with Gasteiger partial charge in [0.2, 0.25) is 0 Å². The molecule has 0 saturated heterocycles. The standard InChI is InChI=1S/C21H21F15O9.C6H6O6.C5H7F5O2/c22-16(23,19(28,29)30)9-40-1-4-43-13(37)7-12(15(39)45-6-3-42-11-18(26,27)21(34,35)36)8-14(38)44-5-2-41-10-17(24,25)20(31,32)33;7-4(8)1-3(6(11)12)2-5(9)10;6-4(7,5(8,9)10)3-12-2-1-11/h7H,1-6,8-11H2;1H,2H2,(H,7,8)(H,9,10)(H,11,12);11H,1-3H2/b12-7-;3-1-;. The van der Waals surface area contributed by atoms with Crippen molar-refractivity contribution in [2.24, 2.45) is 0 Å². The van der Waals surface area contributed by atoms with Gasteiger partial charge in [-0.15, -0.1) is 0 Å². The van der Waals surface area contributed by atoms with Gasteiger partial charge in [-0.1, -0.05) is 0 Å². The minimum absolute atomic E-state index is 0.160. The van der Waals surface area contributed by atoms with E-state index in [0.29, 0.717) is 6.08 Å². The topological polar surface area (TPSA) is 248 Å². The Morgan fingerprint density at radius 1 is 0.406 bits per heavy atom. The zero-order chi connectivity index (χ0) is 54.9. The van der Waals surface area contributed by atoms with Crippen LogP contribution in [0.4, 0.5) is 87.8 Å². The Hall–Kier alpha value is -5.30. The van der Waals surface area contributed by atoms with Crippen molar-refractivity contribution >= 4 is 35.8 Å². The van der Waals surface area contributed by atoms with Gasteiger partial charge in [-0.05, 0) is 0 Å². The number of aliphatic hydroxyl groups is 1. The van der Waals surface area contributed by atoms with Gasteiger partial charge in [-0.3, -0.25) is 9.59 Å². The Morgan fingerprint density at radius 3 is 1.04 bits per heavy atom. The molecular weight excluding hydrogens is 1040 g/mol. The number of hydrogen-bond acceptors (Lipinski definition) is 14. The second-order valence-electron chi connectivity index (χ2n) is 12.0. The van der Waals surface area contributed by atoms with E-state index in [1.807, 2.05) is 0 Å². The van der Waals surface area contributed by atoms with E-state index in [1.54, 1.807) is 0 Å². The highest BCUT2D eigenvalue weighted by molar-refractivity contribution is 6.00. The number of hydrogen-bond donors (Lipinski definition) is 4. The molecule has 0 fully saturated rings. The van der Waals surface area contributed by atoms with Crippen LogP contribution in [0.5, 0.6) is 0 Å². The maximum Gasteiger partial charge on any atom is 0.455 e. The zero-order valence-corrected chi connectivity index (χ0v) is 33.7. The van der Waals surface area contributed by atoms with Crippen LogP contribution in [0.25, 0.3) is 0 Å². The fraction of sp³-hybridized carbons (Fsp3) is 0.688. The van der Waals surface area contributed by atoms with Crippen LogP contribution in [0.15, 0.2) is 23.3 Å². The lowest BCUT2D eigenvalue weighted by Gasteiger charge is -2.19. The largest absolute Gasteiger partial charge is 0.481 e. The molecule has 0 aromatic carbocycles. The summed E-state index contributed by atoms with van der Waals surface area (Å²) in [5.41, 5.74) is -1.69. The molecule has 0 aromatic rings. The molecule has 0 aromatic heterocycles. The first-order valence-electron chi connectivity index (χ1n) is 17.3. The fourth-order valence-corrected chi connectivity index (χ4v) is 2.97. The molecule has 0 unspecified atom stereocenters. The van der Waals surface area contributed by atoms with Crippen molar-refractivity contribution in [2.45, 2.75) is 61.2 Å². The van der Waals surface area contributed by atoms with Gasteiger partial charge in [0.25, 0.3) is 0 Å². The first-order valence-corrected chi connectivity index (χ1v) is 17.3. The summed E-state index contributed by atoms with van der Waals surface area (Å²) >= 11 is 0. The maximum absolute atomic E-state index is 12.8. The highest BCUT2D eigenvalue weighted by atomic mass is 19.4. The van der Waals surface area contributed by atoms with Gasteiger partial charge in [0.1, 0.15) is 46.2 Å². The van der Waals surface area contributed by atoms with Crippen molar-refractivity contribution in [3.05, 3.63) is 23.3 Å². The summed E-state index contributed by atoms with van der Waals surface area (Å²) in [4.78, 5) is 66.1. The lowest BCUT2D eigenvalue weighted by Crippen LogP contribution is -2.41. The van der Waals surface area contributed by atoms with Crippen molar-refractivity contribution in [1.29, 1.82) is 0 Å². The van der Waals surface area contributed by atoms with Gasteiger partial charge in [-0.25, -0.2) is 19.2 Å². The van der Waals surface area contributed by atoms with E-state index in [2.05, 4.69) is 33.2 Å². The number of carboxylic acid groups (broad SMARTS) is 3. The summed E-state index contributed by atoms with van der Waals surface area (Å²) in [7, 11) is 0. The van der Waals surface area contributed by atoms with Crippen LogP contribution < -0.4 is 0 Å². The minimum atomic E-state index is -5.98. The van der Waals surface area contributed by atoms with Crippen molar-refractivity contribution in [3.63, 3.8) is 0 Å². The fourth-order valence-electron chi connectivity index (χ4n) is 2.97. The molecule has 404 valence electrons. The summed E-state index contributed by atoms with van der Waals surface area (Å²) in [5, 5.41) is 32.6. The van der Waals surface area contributed by atoms with Gasteiger partial charge in [0.15, 0.2) is 0 Å². The SMILES string of the molecule is O=C(/C=C(/CC(=O)OCCOCC(F)(F)C(F)(F)F)C(=O)OCCOCC(F)(F)C(F)(F)F)OCCOCC(F)(F)C(F)(F)F.O=C(O)/C=C(/CC(=O)O)C(=O)O.OCCOCC(F)(F)C(F)(F)F. The number of aliphatic carboxylic acids is 3. The van der Waals surface area contributed by atoms with E-state index in [0.717, 1.165) is 0 Å².